The van der Waals surface area contributed by atoms with Crippen LogP contribution >= 0.6 is 15.9 Å². The van der Waals surface area contributed by atoms with Gasteiger partial charge in [-0.15, -0.1) is 0 Å². The van der Waals surface area contributed by atoms with Crippen LogP contribution in [-0.4, -0.2) is 62.3 Å². The number of esters is 3. The van der Waals surface area contributed by atoms with Gasteiger partial charge in [-0.3, -0.25) is 28.7 Å². The maximum atomic E-state index is 12.2. The van der Waals surface area contributed by atoms with Gasteiger partial charge < -0.3 is 24.7 Å². The summed E-state index contributed by atoms with van der Waals surface area (Å²) in [6, 6.07) is 0. The van der Waals surface area contributed by atoms with Crippen molar-refractivity contribution in [2.75, 3.05) is 12.3 Å². The van der Waals surface area contributed by atoms with E-state index in [-0.39, 0.29) is 28.5 Å². The molecular weight excluding hydrogens is 470 g/mol. The smallest absolute Gasteiger partial charge is 0.303 e. The fraction of sp³-hybridized carbons (Fsp3) is 0.500. The molecule has 3 heterocycles. The van der Waals surface area contributed by atoms with Gasteiger partial charge in [-0.25, -0.2) is 4.98 Å². The molecule has 1 aliphatic heterocycles. The molecule has 1 saturated heterocycles. The first-order valence-corrected chi connectivity index (χ1v) is 9.44. The van der Waals surface area contributed by atoms with E-state index in [4.69, 9.17) is 24.7 Å². The molecule has 0 amide bonds. The number of hydrogen-bond donors (Lipinski definition) is 2. The average Bonchev–Trinajstić information content (AvgIpc) is 3.10. The zero-order chi connectivity index (χ0) is 22.2. The first kappa shape index (κ1) is 21.7. The summed E-state index contributed by atoms with van der Waals surface area (Å²) >= 11 is 3.23. The van der Waals surface area contributed by atoms with Crippen molar-refractivity contribution in [2.45, 2.75) is 45.3 Å². The Morgan fingerprint density at radius 1 is 1.13 bits per heavy atom. The van der Waals surface area contributed by atoms with Crippen LogP contribution in [0.5, 0.6) is 0 Å². The second kappa shape index (κ2) is 8.39. The molecule has 14 heteroatoms. The lowest BCUT2D eigenvalue weighted by Crippen LogP contribution is -2.40. The summed E-state index contributed by atoms with van der Waals surface area (Å²) in [4.78, 5) is 57.3. The predicted molar refractivity (Wildman–Crippen MR) is 102 cm³/mol. The number of carbonyl (C=O) groups excluding carboxylic acids is 3. The molecule has 0 saturated carbocycles. The lowest BCUT2D eigenvalue weighted by atomic mass is 10.1. The van der Waals surface area contributed by atoms with Crippen molar-refractivity contribution in [3.05, 3.63) is 15.1 Å². The first-order chi connectivity index (χ1) is 14.1. The van der Waals surface area contributed by atoms with Gasteiger partial charge in [0, 0.05) is 20.8 Å². The number of rotatable bonds is 5. The van der Waals surface area contributed by atoms with E-state index < -0.39 is 48.0 Å². The van der Waals surface area contributed by atoms with Crippen LogP contribution in [0.4, 0.5) is 5.95 Å². The second-order valence-electron chi connectivity index (χ2n) is 6.39. The highest BCUT2D eigenvalue weighted by Gasteiger charge is 2.51. The number of carbonyl (C=O) groups is 3. The zero-order valence-electron chi connectivity index (χ0n) is 16.1. The van der Waals surface area contributed by atoms with Crippen LogP contribution in [0.25, 0.3) is 11.2 Å². The molecule has 1 fully saturated rings. The SMILES string of the molecule is CC(=O)OC[C@H]1O[C@@H](n2c(Br)nc3c(=O)[nH]c(N)nc32)[C@@H](OC(C)=O)[C@H]1OC(C)=O. The fourth-order valence-corrected chi connectivity index (χ4v) is 3.65. The Morgan fingerprint density at radius 2 is 1.77 bits per heavy atom. The number of nitrogen functional groups attached to an aromatic ring is 1. The molecule has 3 N–H and O–H groups in total. The second-order valence-corrected chi connectivity index (χ2v) is 7.10. The summed E-state index contributed by atoms with van der Waals surface area (Å²) in [5, 5.41) is 0. The average molecular weight is 488 g/mol. The fourth-order valence-electron chi connectivity index (χ4n) is 3.10. The van der Waals surface area contributed by atoms with Crippen molar-refractivity contribution < 1.29 is 33.3 Å². The van der Waals surface area contributed by atoms with E-state index in [0.717, 1.165) is 0 Å². The van der Waals surface area contributed by atoms with Crippen molar-refractivity contribution in [1.29, 1.82) is 0 Å². The van der Waals surface area contributed by atoms with Crippen molar-refractivity contribution in [3.8, 4) is 0 Å². The Labute approximate surface area is 177 Å². The minimum absolute atomic E-state index is 0.0417. The Hall–Kier alpha value is -3.00. The number of H-pyrrole nitrogens is 1. The summed E-state index contributed by atoms with van der Waals surface area (Å²) in [7, 11) is 0. The highest BCUT2D eigenvalue weighted by atomic mass is 79.9. The number of fused-ring (bicyclic) bond motifs is 1. The lowest BCUT2D eigenvalue weighted by Gasteiger charge is -2.24. The van der Waals surface area contributed by atoms with Gasteiger partial charge >= 0.3 is 17.9 Å². The molecular formula is C16H18BrN5O8. The molecule has 13 nitrogen and oxygen atoms in total. The third-order valence-electron chi connectivity index (χ3n) is 4.12. The number of anilines is 1. The molecule has 162 valence electrons. The molecule has 1 aliphatic rings. The number of imidazole rings is 1. The number of nitrogens with zero attached hydrogens (tertiary/aromatic N) is 3. The Morgan fingerprint density at radius 3 is 2.37 bits per heavy atom. The largest absolute Gasteiger partial charge is 0.463 e. The van der Waals surface area contributed by atoms with Gasteiger partial charge in [0.25, 0.3) is 5.56 Å². The number of aromatic amines is 1. The highest BCUT2D eigenvalue weighted by molar-refractivity contribution is 9.10. The van der Waals surface area contributed by atoms with Crippen LogP contribution in [0, 0.1) is 0 Å². The van der Waals surface area contributed by atoms with Gasteiger partial charge in [0.2, 0.25) is 5.95 Å². The minimum atomic E-state index is -1.16. The monoisotopic (exact) mass is 487 g/mol. The van der Waals surface area contributed by atoms with Crippen LogP contribution in [0.15, 0.2) is 9.53 Å². The highest BCUT2D eigenvalue weighted by Crippen LogP contribution is 2.37. The molecule has 2 aromatic rings. The third kappa shape index (κ3) is 4.28. The van der Waals surface area contributed by atoms with E-state index in [2.05, 4.69) is 30.9 Å². The summed E-state index contributed by atoms with van der Waals surface area (Å²) in [5.41, 5.74) is 5.05. The molecule has 0 bridgehead atoms. The molecule has 0 aromatic carbocycles. The van der Waals surface area contributed by atoms with Gasteiger partial charge in [0.05, 0.1) is 0 Å². The lowest BCUT2D eigenvalue weighted by molar-refractivity contribution is -0.166. The number of aromatic nitrogens is 4. The summed E-state index contributed by atoms with van der Waals surface area (Å²) < 4.78 is 23.0. The van der Waals surface area contributed by atoms with Crippen LogP contribution in [0.3, 0.4) is 0 Å². The maximum absolute atomic E-state index is 12.2. The van der Waals surface area contributed by atoms with Crippen LogP contribution in [-0.2, 0) is 33.3 Å². The van der Waals surface area contributed by atoms with E-state index in [1.807, 2.05) is 0 Å². The quantitative estimate of drug-likeness (QED) is 0.323. The molecule has 2 aromatic heterocycles. The Kier molecular flexibility index (Phi) is 6.07. The van der Waals surface area contributed by atoms with Gasteiger partial charge in [0.1, 0.15) is 12.7 Å². The third-order valence-corrected chi connectivity index (χ3v) is 4.68. The van der Waals surface area contributed by atoms with Gasteiger partial charge in [-0.2, -0.15) is 4.98 Å². The number of nitrogens with one attached hydrogen (secondary N) is 1. The van der Waals surface area contributed by atoms with Crippen molar-refractivity contribution >= 4 is 51.0 Å². The maximum Gasteiger partial charge on any atom is 0.303 e. The topological polar surface area (TPSA) is 178 Å². The van der Waals surface area contributed by atoms with Crippen LogP contribution < -0.4 is 11.3 Å². The normalized spacial score (nSPS) is 23.3. The van der Waals surface area contributed by atoms with Crippen LogP contribution in [0.1, 0.15) is 27.0 Å². The van der Waals surface area contributed by atoms with E-state index >= 15 is 0 Å². The molecule has 0 unspecified atom stereocenters. The van der Waals surface area contributed by atoms with Crippen molar-refractivity contribution in [3.63, 3.8) is 0 Å². The van der Waals surface area contributed by atoms with Crippen LogP contribution in [0.2, 0.25) is 0 Å². The Balaban J connectivity index is 2.11. The number of ether oxygens (including phenoxy) is 4. The van der Waals surface area contributed by atoms with E-state index in [1.54, 1.807) is 0 Å². The molecule has 30 heavy (non-hydrogen) atoms. The molecule has 0 spiro atoms. The summed E-state index contributed by atoms with van der Waals surface area (Å²) in [6.07, 6.45) is -4.38. The molecule has 0 aliphatic carbocycles. The van der Waals surface area contributed by atoms with Crippen molar-refractivity contribution in [2.24, 2.45) is 0 Å². The summed E-state index contributed by atoms with van der Waals surface area (Å²) in [6.45, 7) is 3.27. The number of hydrogen-bond acceptors (Lipinski definition) is 11. The van der Waals surface area contributed by atoms with Crippen molar-refractivity contribution in [1.82, 2.24) is 19.5 Å². The molecule has 0 radical (unpaired) electrons. The summed E-state index contributed by atoms with van der Waals surface area (Å²) in [5.74, 6) is -2.09. The van der Waals surface area contributed by atoms with E-state index in [9.17, 15) is 19.2 Å². The first-order valence-electron chi connectivity index (χ1n) is 8.65. The van der Waals surface area contributed by atoms with E-state index in [1.165, 1.54) is 25.3 Å². The van der Waals surface area contributed by atoms with Gasteiger partial charge in [-0.05, 0) is 15.9 Å². The minimum Gasteiger partial charge on any atom is -0.463 e. The molecule has 4 atom stereocenters. The van der Waals surface area contributed by atoms with Gasteiger partial charge in [-0.1, -0.05) is 0 Å². The number of halogens is 1. The van der Waals surface area contributed by atoms with Gasteiger partial charge in [0.15, 0.2) is 34.3 Å². The Bertz CT molecular complexity index is 1070. The standard InChI is InChI=1S/C16H18BrN5O8/c1-5(23)27-4-8-10(28-6(2)24)11(29-7(3)25)14(30-8)22-12-9(19-15(22)17)13(26)21-16(18)20-12/h8,10-11,14H,4H2,1-3H3,(H3,18,20,21,26)/t8-,10+,11+,14-/m1/s1. The predicted octanol–water partition coefficient (Wildman–Crippen LogP) is -0.212. The molecule has 3 rings (SSSR count). The zero-order valence-corrected chi connectivity index (χ0v) is 17.7. The van der Waals surface area contributed by atoms with E-state index in [0.29, 0.717) is 0 Å². The number of nitrogens with two attached hydrogens (primary N) is 1.